The van der Waals surface area contributed by atoms with E-state index in [0.29, 0.717) is 28.4 Å². The number of nitrogens with zero attached hydrogens (tertiary/aromatic N) is 1. The number of rotatable bonds is 5. The molecular formula is C27H23ClN2O4. The van der Waals surface area contributed by atoms with Gasteiger partial charge in [0, 0.05) is 5.02 Å². The van der Waals surface area contributed by atoms with E-state index in [-0.39, 0.29) is 5.57 Å². The van der Waals surface area contributed by atoms with Crippen LogP contribution in [-0.2, 0) is 16.0 Å². The number of halogens is 1. The van der Waals surface area contributed by atoms with Gasteiger partial charge in [0.25, 0.3) is 11.8 Å². The average molecular weight is 475 g/mol. The Morgan fingerprint density at radius 3 is 2.24 bits per heavy atom. The molecule has 0 unspecified atom stereocenters. The predicted molar refractivity (Wildman–Crippen MR) is 132 cm³/mol. The van der Waals surface area contributed by atoms with Crippen LogP contribution in [0.1, 0.15) is 27.8 Å². The maximum Gasteiger partial charge on any atom is 0.335 e. The summed E-state index contributed by atoms with van der Waals surface area (Å²) in [6.45, 7) is 4.11. The van der Waals surface area contributed by atoms with Gasteiger partial charge in [-0.2, -0.15) is 0 Å². The molecule has 0 aromatic heterocycles. The number of nitrogens with one attached hydrogen (secondary N) is 1. The highest BCUT2D eigenvalue weighted by molar-refractivity contribution is 6.39. The van der Waals surface area contributed by atoms with Crippen molar-refractivity contribution in [3.05, 3.63) is 99.1 Å². The van der Waals surface area contributed by atoms with E-state index in [4.69, 9.17) is 16.3 Å². The van der Waals surface area contributed by atoms with Crippen LogP contribution in [0.3, 0.4) is 0 Å². The highest BCUT2D eigenvalue weighted by Crippen LogP contribution is 2.26. The fourth-order valence-corrected chi connectivity index (χ4v) is 4.23. The van der Waals surface area contributed by atoms with Gasteiger partial charge in [-0.3, -0.25) is 14.9 Å². The Kier molecular flexibility index (Phi) is 6.52. The molecular weight excluding hydrogens is 452 g/mol. The molecule has 0 radical (unpaired) electrons. The predicted octanol–water partition coefficient (Wildman–Crippen LogP) is 5.22. The molecule has 1 saturated heterocycles. The molecule has 3 aromatic carbocycles. The second kappa shape index (κ2) is 9.53. The number of methoxy groups -OCH3 is 1. The van der Waals surface area contributed by atoms with Gasteiger partial charge in [0.2, 0.25) is 0 Å². The molecule has 3 aromatic rings. The van der Waals surface area contributed by atoms with Crippen LogP contribution >= 0.6 is 11.6 Å². The number of ether oxygens (including phenoxy) is 1. The van der Waals surface area contributed by atoms with Crippen LogP contribution < -0.4 is 15.0 Å². The number of anilines is 1. The lowest BCUT2D eigenvalue weighted by Gasteiger charge is -2.26. The highest BCUT2D eigenvalue weighted by atomic mass is 35.5. The van der Waals surface area contributed by atoms with Gasteiger partial charge in [-0.1, -0.05) is 53.1 Å². The first-order valence-electron chi connectivity index (χ1n) is 10.7. The van der Waals surface area contributed by atoms with E-state index in [0.717, 1.165) is 16.0 Å². The van der Waals surface area contributed by atoms with E-state index >= 15 is 0 Å². The number of carbonyl (C=O) groups excluding carboxylic acids is 3. The third-order valence-electron chi connectivity index (χ3n) is 5.50. The number of urea groups is 1. The summed E-state index contributed by atoms with van der Waals surface area (Å²) in [5, 5.41) is 2.75. The van der Waals surface area contributed by atoms with Crippen molar-refractivity contribution in [3.63, 3.8) is 0 Å². The van der Waals surface area contributed by atoms with Gasteiger partial charge in [-0.15, -0.1) is 0 Å². The van der Waals surface area contributed by atoms with Crippen LogP contribution in [0.15, 0.2) is 66.2 Å². The van der Waals surface area contributed by atoms with Crippen molar-refractivity contribution in [1.29, 1.82) is 0 Å². The van der Waals surface area contributed by atoms with Gasteiger partial charge in [0.15, 0.2) is 0 Å². The number of aryl methyl sites for hydroxylation is 2. The van der Waals surface area contributed by atoms with E-state index < -0.39 is 17.8 Å². The van der Waals surface area contributed by atoms with Gasteiger partial charge >= 0.3 is 6.03 Å². The molecule has 0 atom stereocenters. The Morgan fingerprint density at radius 1 is 0.941 bits per heavy atom. The summed E-state index contributed by atoms with van der Waals surface area (Å²) in [6, 6.07) is 17.3. The summed E-state index contributed by atoms with van der Waals surface area (Å²) < 4.78 is 5.12. The molecule has 0 spiro atoms. The summed E-state index contributed by atoms with van der Waals surface area (Å²) >= 11 is 6.53. The number of amides is 4. The van der Waals surface area contributed by atoms with Crippen LogP contribution in [0.4, 0.5) is 10.5 Å². The minimum absolute atomic E-state index is 0.159. The number of hydrogen-bond acceptors (Lipinski definition) is 4. The van der Waals surface area contributed by atoms with Crippen LogP contribution in [0, 0.1) is 13.8 Å². The third-order valence-corrected chi connectivity index (χ3v) is 5.85. The van der Waals surface area contributed by atoms with E-state index in [1.54, 1.807) is 36.4 Å². The van der Waals surface area contributed by atoms with Crippen molar-refractivity contribution < 1.29 is 19.1 Å². The van der Waals surface area contributed by atoms with Crippen LogP contribution in [0.2, 0.25) is 5.02 Å². The largest absolute Gasteiger partial charge is 0.497 e. The van der Waals surface area contributed by atoms with Crippen molar-refractivity contribution in [1.82, 2.24) is 5.32 Å². The second-order valence-corrected chi connectivity index (χ2v) is 8.59. The average Bonchev–Trinajstić information content (AvgIpc) is 2.78. The molecule has 1 aliphatic heterocycles. The normalized spacial score (nSPS) is 15.0. The van der Waals surface area contributed by atoms with Crippen molar-refractivity contribution in [2.75, 3.05) is 12.0 Å². The lowest BCUT2D eigenvalue weighted by atomic mass is 9.99. The molecule has 7 heteroatoms. The topological polar surface area (TPSA) is 75.7 Å². The molecule has 1 fully saturated rings. The van der Waals surface area contributed by atoms with Crippen LogP contribution in [0.5, 0.6) is 5.75 Å². The SMILES string of the molecule is COc1ccc(N2C(=O)NC(=O)/C(=C\c3ccc(Cc4cc(C)cc(C)c4)c(Cl)c3)C2=O)cc1. The molecule has 1 heterocycles. The number of carbonyl (C=O) groups is 3. The molecule has 1 N–H and O–H groups in total. The minimum Gasteiger partial charge on any atom is -0.497 e. The van der Waals surface area contributed by atoms with Crippen molar-refractivity contribution in [2.24, 2.45) is 0 Å². The van der Waals surface area contributed by atoms with E-state index in [9.17, 15) is 14.4 Å². The molecule has 172 valence electrons. The van der Waals surface area contributed by atoms with Gasteiger partial charge in [-0.25, -0.2) is 9.69 Å². The molecule has 1 aliphatic rings. The van der Waals surface area contributed by atoms with E-state index in [1.807, 2.05) is 6.07 Å². The Hall–Kier alpha value is -3.90. The summed E-state index contributed by atoms with van der Waals surface area (Å²) in [4.78, 5) is 38.8. The van der Waals surface area contributed by atoms with Crippen LogP contribution in [0.25, 0.3) is 6.08 Å². The molecule has 0 saturated carbocycles. The lowest BCUT2D eigenvalue weighted by Crippen LogP contribution is -2.54. The van der Waals surface area contributed by atoms with E-state index in [2.05, 4.69) is 37.4 Å². The van der Waals surface area contributed by atoms with Gasteiger partial charge in [0.05, 0.1) is 12.8 Å². The van der Waals surface area contributed by atoms with Gasteiger partial charge < -0.3 is 4.74 Å². The van der Waals surface area contributed by atoms with E-state index in [1.165, 1.54) is 24.3 Å². The number of barbiturate groups is 1. The summed E-state index contributed by atoms with van der Waals surface area (Å²) in [6.07, 6.45) is 2.10. The van der Waals surface area contributed by atoms with Crippen molar-refractivity contribution in [2.45, 2.75) is 20.3 Å². The molecule has 0 aliphatic carbocycles. The summed E-state index contributed by atoms with van der Waals surface area (Å²) in [5.41, 5.74) is 5.20. The standard InChI is InChI=1S/C27H23ClN2O4/c1-16-10-17(2)12-19(11-16)13-20-5-4-18(15-24(20)28)14-23-25(31)29-27(33)30(26(23)32)21-6-8-22(34-3)9-7-21/h4-12,14-15H,13H2,1-3H3,(H,29,31,33)/b23-14+. The first-order valence-corrected chi connectivity index (χ1v) is 11.0. The Balaban J connectivity index is 1.61. The number of hydrogen-bond donors (Lipinski definition) is 1. The van der Waals surface area contributed by atoms with Crippen molar-refractivity contribution >= 4 is 41.2 Å². The fourth-order valence-electron chi connectivity index (χ4n) is 3.98. The highest BCUT2D eigenvalue weighted by Gasteiger charge is 2.36. The Morgan fingerprint density at radius 2 is 1.62 bits per heavy atom. The molecule has 0 bridgehead atoms. The first-order chi connectivity index (χ1) is 16.2. The second-order valence-electron chi connectivity index (χ2n) is 8.18. The maximum atomic E-state index is 13.1. The quantitative estimate of drug-likeness (QED) is 0.406. The molecule has 34 heavy (non-hydrogen) atoms. The summed E-state index contributed by atoms with van der Waals surface area (Å²) in [7, 11) is 1.52. The lowest BCUT2D eigenvalue weighted by molar-refractivity contribution is -0.122. The Labute approximate surface area is 202 Å². The minimum atomic E-state index is -0.806. The fraction of sp³-hybridized carbons (Fsp3) is 0.148. The zero-order valence-corrected chi connectivity index (χ0v) is 19.8. The zero-order valence-electron chi connectivity index (χ0n) is 19.0. The number of imide groups is 2. The summed E-state index contributed by atoms with van der Waals surface area (Å²) in [5.74, 6) is -0.888. The monoisotopic (exact) mass is 474 g/mol. The molecule has 4 amide bonds. The maximum absolute atomic E-state index is 13.1. The van der Waals surface area contributed by atoms with Gasteiger partial charge in [-0.05, 0) is 73.4 Å². The molecule has 4 rings (SSSR count). The van der Waals surface area contributed by atoms with Crippen LogP contribution in [-0.4, -0.2) is 25.0 Å². The van der Waals surface area contributed by atoms with Crippen molar-refractivity contribution in [3.8, 4) is 5.75 Å². The third kappa shape index (κ3) is 4.87. The van der Waals surface area contributed by atoms with Gasteiger partial charge in [0.1, 0.15) is 11.3 Å². The zero-order chi connectivity index (χ0) is 24.4. The molecule has 6 nitrogen and oxygen atoms in total. The Bertz CT molecular complexity index is 1310. The number of benzene rings is 3. The smallest absolute Gasteiger partial charge is 0.335 e. The first kappa shape index (κ1) is 23.3.